The summed E-state index contributed by atoms with van der Waals surface area (Å²) in [4.78, 5) is 13.4. The van der Waals surface area contributed by atoms with E-state index >= 15 is 0 Å². The van der Waals surface area contributed by atoms with E-state index in [-0.39, 0.29) is 11.7 Å². The van der Waals surface area contributed by atoms with E-state index in [1.807, 2.05) is 6.92 Å². The first kappa shape index (κ1) is 16.7. The first-order valence-corrected chi connectivity index (χ1v) is 8.97. The third-order valence-electron chi connectivity index (χ3n) is 3.29. The van der Waals surface area contributed by atoms with Gasteiger partial charge in [-0.1, -0.05) is 6.92 Å². The lowest BCUT2D eigenvalue weighted by atomic mass is 10.3. The van der Waals surface area contributed by atoms with Crippen LogP contribution in [0, 0.1) is 0 Å². The van der Waals surface area contributed by atoms with Crippen molar-refractivity contribution in [2.24, 2.45) is 0 Å². The Hall–Kier alpha value is -0.330. The van der Waals surface area contributed by atoms with E-state index in [0.717, 1.165) is 6.42 Å². The van der Waals surface area contributed by atoms with Gasteiger partial charge in [-0.3, -0.25) is 4.79 Å². The summed E-state index contributed by atoms with van der Waals surface area (Å²) >= 11 is 5.56. The monoisotopic (exact) mass is 310 g/mol. The summed E-state index contributed by atoms with van der Waals surface area (Å²) in [6.07, 6.45) is 2.50. The van der Waals surface area contributed by atoms with Crippen LogP contribution in [0.25, 0.3) is 0 Å². The first-order valence-electron chi connectivity index (χ1n) is 6.83. The molecule has 0 aromatic carbocycles. The van der Waals surface area contributed by atoms with Crippen molar-refractivity contribution in [3.8, 4) is 0 Å². The van der Waals surface area contributed by atoms with E-state index in [2.05, 4.69) is 0 Å². The molecule has 1 fully saturated rings. The van der Waals surface area contributed by atoms with Crippen molar-refractivity contribution in [2.75, 3.05) is 37.8 Å². The van der Waals surface area contributed by atoms with Gasteiger partial charge in [0, 0.05) is 38.5 Å². The van der Waals surface area contributed by atoms with Gasteiger partial charge >= 0.3 is 0 Å². The summed E-state index contributed by atoms with van der Waals surface area (Å²) in [5.41, 5.74) is 0. The van der Waals surface area contributed by atoms with Gasteiger partial charge in [-0.25, -0.2) is 12.7 Å². The molecule has 0 spiro atoms. The number of carbonyl (C=O) groups is 1. The van der Waals surface area contributed by atoms with Crippen LogP contribution in [0.3, 0.4) is 0 Å². The highest BCUT2D eigenvalue weighted by Crippen LogP contribution is 2.11. The molecule has 0 saturated carbocycles. The van der Waals surface area contributed by atoms with Crippen LogP contribution < -0.4 is 0 Å². The van der Waals surface area contributed by atoms with Gasteiger partial charge in [0.15, 0.2) is 0 Å². The van der Waals surface area contributed by atoms with Crippen molar-refractivity contribution in [3.05, 3.63) is 0 Å². The van der Waals surface area contributed by atoms with E-state index in [1.54, 1.807) is 4.90 Å². The Morgan fingerprint density at radius 1 is 1.16 bits per heavy atom. The average Bonchev–Trinajstić information content (AvgIpc) is 2.64. The predicted octanol–water partition coefficient (Wildman–Crippen LogP) is 1.28. The van der Waals surface area contributed by atoms with Crippen LogP contribution in [0.15, 0.2) is 0 Å². The molecule has 0 unspecified atom stereocenters. The molecule has 0 N–H and O–H groups in total. The molecule has 0 atom stereocenters. The molecule has 1 rings (SSSR count). The van der Waals surface area contributed by atoms with Gasteiger partial charge in [-0.05, 0) is 19.3 Å². The fourth-order valence-corrected chi connectivity index (χ4v) is 3.94. The Morgan fingerprint density at radius 3 is 2.53 bits per heavy atom. The third kappa shape index (κ3) is 5.28. The second-order valence-electron chi connectivity index (χ2n) is 4.70. The summed E-state index contributed by atoms with van der Waals surface area (Å²) in [6, 6.07) is 0. The van der Waals surface area contributed by atoms with E-state index in [1.165, 1.54) is 4.31 Å². The molecule has 1 aliphatic rings. The summed E-state index contributed by atoms with van der Waals surface area (Å²) < 4.78 is 25.8. The summed E-state index contributed by atoms with van der Waals surface area (Å²) in [7, 11) is -3.20. The van der Waals surface area contributed by atoms with Gasteiger partial charge in [-0.15, -0.1) is 11.6 Å². The zero-order chi connectivity index (χ0) is 14.3. The van der Waals surface area contributed by atoms with Crippen LogP contribution in [-0.2, 0) is 14.8 Å². The number of rotatable bonds is 6. The molecule has 1 aliphatic heterocycles. The Kier molecular flexibility index (Phi) is 7.10. The van der Waals surface area contributed by atoms with Crippen LogP contribution in [-0.4, -0.2) is 61.3 Å². The van der Waals surface area contributed by atoms with E-state index < -0.39 is 10.0 Å². The molecule has 0 radical (unpaired) electrons. The molecule has 0 aromatic rings. The van der Waals surface area contributed by atoms with Crippen molar-refractivity contribution in [1.29, 1.82) is 0 Å². The van der Waals surface area contributed by atoms with Gasteiger partial charge in [0.1, 0.15) is 0 Å². The molecule has 0 aliphatic carbocycles. The first-order chi connectivity index (χ1) is 9.01. The maximum absolute atomic E-state index is 12.1. The fourth-order valence-electron chi connectivity index (χ4n) is 2.15. The van der Waals surface area contributed by atoms with Crippen molar-refractivity contribution in [3.63, 3.8) is 0 Å². The third-order valence-corrected chi connectivity index (χ3v) is 5.51. The number of hydrogen-bond donors (Lipinski definition) is 0. The normalized spacial score (nSPS) is 18.3. The van der Waals surface area contributed by atoms with Crippen LogP contribution in [0.1, 0.15) is 32.6 Å². The number of nitrogens with zero attached hydrogens (tertiary/aromatic N) is 2. The van der Waals surface area contributed by atoms with Gasteiger partial charge in [0.05, 0.1) is 5.75 Å². The number of sulfonamides is 1. The number of alkyl halides is 1. The molecule has 112 valence electrons. The molecule has 0 aromatic heterocycles. The molecule has 7 heteroatoms. The highest BCUT2D eigenvalue weighted by atomic mass is 35.5. The van der Waals surface area contributed by atoms with Crippen LogP contribution in [0.4, 0.5) is 0 Å². The summed E-state index contributed by atoms with van der Waals surface area (Å²) in [5.74, 6) is 0.747. The molecule has 1 amide bonds. The van der Waals surface area contributed by atoms with Gasteiger partial charge in [0.2, 0.25) is 15.9 Å². The Morgan fingerprint density at radius 2 is 1.89 bits per heavy atom. The Labute approximate surface area is 120 Å². The standard InChI is InChI=1S/C12H23ClN2O3S/c1-2-12(16)14-7-5-8-15(10-9-14)19(17,18)11-4-3-6-13/h2-11H2,1H3. The van der Waals surface area contributed by atoms with Crippen molar-refractivity contribution >= 4 is 27.5 Å². The van der Waals surface area contributed by atoms with Crippen molar-refractivity contribution in [2.45, 2.75) is 32.6 Å². The number of halogens is 1. The van der Waals surface area contributed by atoms with Crippen LogP contribution >= 0.6 is 11.6 Å². The molecule has 1 saturated heterocycles. The zero-order valence-corrected chi connectivity index (χ0v) is 13.0. The molecule has 5 nitrogen and oxygen atoms in total. The second-order valence-corrected chi connectivity index (χ2v) is 7.17. The van der Waals surface area contributed by atoms with E-state index in [0.29, 0.717) is 51.3 Å². The summed E-state index contributed by atoms with van der Waals surface area (Å²) in [6.45, 7) is 3.90. The summed E-state index contributed by atoms with van der Waals surface area (Å²) in [5, 5.41) is 0. The average molecular weight is 311 g/mol. The lowest BCUT2D eigenvalue weighted by Gasteiger charge is -2.21. The predicted molar refractivity (Wildman–Crippen MR) is 76.8 cm³/mol. The van der Waals surface area contributed by atoms with Crippen molar-refractivity contribution in [1.82, 2.24) is 9.21 Å². The quantitative estimate of drug-likeness (QED) is 0.548. The molecular formula is C12H23ClN2O3S. The largest absolute Gasteiger partial charge is 0.341 e. The minimum Gasteiger partial charge on any atom is -0.341 e. The second kappa shape index (κ2) is 8.07. The minimum absolute atomic E-state index is 0.0985. The Bertz CT molecular complexity index is 386. The molecule has 0 bridgehead atoms. The lowest BCUT2D eigenvalue weighted by Crippen LogP contribution is -2.38. The van der Waals surface area contributed by atoms with Gasteiger partial charge in [0.25, 0.3) is 0 Å². The SMILES string of the molecule is CCC(=O)N1CCCN(S(=O)(=O)CCCCCl)CC1. The number of amides is 1. The molecular weight excluding hydrogens is 288 g/mol. The van der Waals surface area contributed by atoms with Crippen LogP contribution in [0.2, 0.25) is 0 Å². The molecule has 19 heavy (non-hydrogen) atoms. The fraction of sp³-hybridized carbons (Fsp3) is 0.917. The van der Waals surface area contributed by atoms with Crippen molar-refractivity contribution < 1.29 is 13.2 Å². The maximum atomic E-state index is 12.1. The zero-order valence-electron chi connectivity index (χ0n) is 11.5. The highest BCUT2D eigenvalue weighted by molar-refractivity contribution is 7.89. The molecule has 1 heterocycles. The number of hydrogen-bond acceptors (Lipinski definition) is 3. The van der Waals surface area contributed by atoms with Gasteiger partial charge < -0.3 is 4.90 Å². The highest BCUT2D eigenvalue weighted by Gasteiger charge is 2.25. The van der Waals surface area contributed by atoms with Gasteiger partial charge in [-0.2, -0.15) is 0 Å². The van der Waals surface area contributed by atoms with E-state index in [4.69, 9.17) is 11.6 Å². The minimum atomic E-state index is -3.20. The maximum Gasteiger partial charge on any atom is 0.222 e. The van der Waals surface area contributed by atoms with E-state index in [9.17, 15) is 13.2 Å². The Balaban J connectivity index is 2.54. The van der Waals surface area contributed by atoms with Crippen LogP contribution in [0.5, 0.6) is 0 Å². The topological polar surface area (TPSA) is 57.7 Å². The smallest absolute Gasteiger partial charge is 0.222 e. The number of carbonyl (C=O) groups excluding carboxylic acids is 1. The number of unbranched alkanes of at least 4 members (excludes halogenated alkanes) is 1. The lowest BCUT2D eigenvalue weighted by molar-refractivity contribution is -0.130.